The van der Waals surface area contributed by atoms with Crippen LogP contribution in [0.25, 0.3) is 21.8 Å². The molecule has 0 saturated carbocycles. The van der Waals surface area contributed by atoms with Crippen LogP contribution in [0.15, 0.2) is 48.5 Å². The van der Waals surface area contributed by atoms with Gasteiger partial charge in [0, 0.05) is 45.5 Å². The van der Waals surface area contributed by atoms with Gasteiger partial charge in [0.05, 0.1) is 6.04 Å². The van der Waals surface area contributed by atoms with Gasteiger partial charge in [0.2, 0.25) is 0 Å². The first-order valence-electron chi connectivity index (χ1n) is 9.70. The van der Waals surface area contributed by atoms with Gasteiger partial charge in [-0.25, -0.2) is 0 Å². The summed E-state index contributed by atoms with van der Waals surface area (Å²) in [6.45, 7) is 2.13. The zero-order chi connectivity index (χ0) is 18.1. The number of carbonyl (C=O) groups excluding carboxylic acids is 1. The fourth-order valence-electron chi connectivity index (χ4n) is 5.16. The van der Waals surface area contributed by atoms with Crippen LogP contribution in [0.5, 0.6) is 0 Å². The van der Waals surface area contributed by atoms with E-state index in [1.165, 1.54) is 27.7 Å². The number of nitrogens with zero attached hydrogens (tertiary/aromatic N) is 1. The molecule has 4 heterocycles. The molecule has 4 aromatic rings. The molecule has 2 aliphatic heterocycles. The summed E-state index contributed by atoms with van der Waals surface area (Å²) in [4.78, 5) is 22.5. The van der Waals surface area contributed by atoms with E-state index in [9.17, 15) is 4.79 Å². The van der Waals surface area contributed by atoms with Gasteiger partial charge in [-0.05, 0) is 44.0 Å². The highest BCUT2D eigenvalue weighted by Gasteiger charge is 2.44. The number of para-hydroxylation sites is 1. The van der Waals surface area contributed by atoms with E-state index in [2.05, 4.69) is 40.0 Å². The Labute approximate surface area is 157 Å². The third-order valence-corrected chi connectivity index (χ3v) is 6.35. The van der Waals surface area contributed by atoms with Crippen LogP contribution in [-0.4, -0.2) is 26.8 Å². The summed E-state index contributed by atoms with van der Waals surface area (Å²) in [7, 11) is 0. The van der Waals surface area contributed by atoms with Gasteiger partial charge in [0.25, 0.3) is 5.91 Å². The molecule has 2 bridgehead atoms. The van der Waals surface area contributed by atoms with Crippen molar-refractivity contribution in [3.05, 3.63) is 71.0 Å². The fourth-order valence-corrected chi connectivity index (χ4v) is 5.16. The molecule has 2 aliphatic rings. The van der Waals surface area contributed by atoms with Gasteiger partial charge in [-0.3, -0.25) is 4.79 Å². The summed E-state index contributed by atoms with van der Waals surface area (Å²) in [5, 5.41) is 2.37. The van der Waals surface area contributed by atoms with Crippen molar-refractivity contribution in [3.63, 3.8) is 0 Å². The molecule has 1 saturated heterocycles. The SMILES string of the molecule is Cc1ccc2[nH]c3c(c2c1)C1CCC(C3)N1C(=O)c1cc2ccccc2[nH]1. The highest BCUT2D eigenvalue weighted by molar-refractivity contribution is 5.99. The van der Waals surface area contributed by atoms with Crippen LogP contribution in [0.4, 0.5) is 0 Å². The number of benzene rings is 2. The first-order valence-corrected chi connectivity index (χ1v) is 9.70. The second kappa shape index (κ2) is 5.26. The standard InChI is InChI=1S/C23H21N3O/c1-13-6-8-18-16(10-13)22-19(25-18)12-15-7-9-21(22)26(15)23(27)20-11-14-4-2-3-5-17(14)24-20/h2-6,8,10-11,15,21,24-25H,7,9,12H2,1H3. The minimum absolute atomic E-state index is 0.131. The fraction of sp³-hybridized carbons (Fsp3) is 0.261. The smallest absolute Gasteiger partial charge is 0.271 e. The Balaban J connectivity index is 1.46. The lowest BCUT2D eigenvalue weighted by Crippen LogP contribution is -2.41. The second-order valence-electron chi connectivity index (χ2n) is 8.00. The quantitative estimate of drug-likeness (QED) is 0.503. The third kappa shape index (κ3) is 2.07. The molecule has 2 N–H and O–H groups in total. The number of amides is 1. The van der Waals surface area contributed by atoms with Crippen molar-refractivity contribution in [2.45, 2.75) is 38.3 Å². The van der Waals surface area contributed by atoms with Crippen LogP contribution >= 0.6 is 0 Å². The topological polar surface area (TPSA) is 51.9 Å². The molecule has 4 heteroatoms. The monoisotopic (exact) mass is 355 g/mol. The molecule has 1 fully saturated rings. The van der Waals surface area contributed by atoms with Gasteiger partial charge in [0.15, 0.2) is 0 Å². The maximum Gasteiger partial charge on any atom is 0.271 e. The predicted octanol–water partition coefficient (Wildman–Crippen LogP) is 4.86. The molecular formula is C23H21N3O. The summed E-state index contributed by atoms with van der Waals surface area (Å²) >= 11 is 0. The summed E-state index contributed by atoms with van der Waals surface area (Å²) in [5.74, 6) is 0.131. The maximum atomic E-state index is 13.4. The highest BCUT2D eigenvalue weighted by atomic mass is 16.2. The lowest BCUT2D eigenvalue weighted by Gasteiger charge is -2.35. The predicted molar refractivity (Wildman–Crippen MR) is 107 cm³/mol. The molecular weight excluding hydrogens is 334 g/mol. The number of hydrogen-bond donors (Lipinski definition) is 2. The van der Waals surface area contributed by atoms with E-state index in [1.54, 1.807) is 0 Å². The molecule has 2 unspecified atom stereocenters. The van der Waals surface area contributed by atoms with Gasteiger partial charge in [-0.1, -0.05) is 29.8 Å². The number of hydrogen-bond acceptors (Lipinski definition) is 1. The average Bonchev–Trinajstić information content (AvgIpc) is 3.34. The number of fused-ring (bicyclic) bond motifs is 7. The minimum Gasteiger partial charge on any atom is -0.358 e. The number of rotatable bonds is 1. The Morgan fingerprint density at radius 3 is 2.81 bits per heavy atom. The summed E-state index contributed by atoms with van der Waals surface area (Å²) < 4.78 is 0. The molecule has 1 amide bonds. The van der Waals surface area contributed by atoms with Crippen molar-refractivity contribution in [1.82, 2.24) is 14.9 Å². The number of carbonyl (C=O) groups is 1. The van der Waals surface area contributed by atoms with E-state index in [0.717, 1.165) is 30.2 Å². The van der Waals surface area contributed by atoms with Crippen molar-refractivity contribution < 1.29 is 4.79 Å². The first-order chi connectivity index (χ1) is 13.2. The minimum atomic E-state index is 0.131. The Morgan fingerprint density at radius 1 is 1.04 bits per heavy atom. The lowest BCUT2D eigenvalue weighted by molar-refractivity contribution is 0.0642. The third-order valence-electron chi connectivity index (χ3n) is 6.35. The zero-order valence-corrected chi connectivity index (χ0v) is 15.3. The van der Waals surface area contributed by atoms with Gasteiger partial charge in [-0.2, -0.15) is 0 Å². The van der Waals surface area contributed by atoms with Crippen LogP contribution in [0.3, 0.4) is 0 Å². The number of aryl methyl sites for hydroxylation is 1. The summed E-state index contributed by atoms with van der Waals surface area (Å²) in [6, 6.07) is 17.1. The van der Waals surface area contributed by atoms with Crippen molar-refractivity contribution in [1.29, 1.82) is 0 Å². The molecule has 6 rings (SSSR count). The largest absolute Gasteiger partial charge is 0.358 e. The number of aromatic nitrogens is 2. The Morgan fingerprint density at radius 2 is 1.93 bits per heavy atom. The number of aromatic amines is 2. The van der Waals surface area contributed by atoms with Crippen LogP contribution in [-0.2, 0) is 6.42 Å². The molecule has 0 radical (unpaired) electrons. The molecule has 4 nitrogen and oxygen atoms in total. The second-order valence-corrected chi connectivity index (χ2v) is 8.00. The van der Waals surface area contributed by atoms with Crippen LogP contribution in [0, 0.1) is 6.92 Å². The average molecular weight is 355 g/mol. The molecule has 0 spiro atoms. The maximum absolute atomic E-state index is 13.4. The van der Waals surface area contributed by atoms with Crippen LogP contribution < -0.4 is 0 Å². The zero-order valence-electron chi connectivity index (χ0n) is 15.3. The molecule has 27 heavy (non-hydrogen) atoms. The number of nitrogens with one attached hydrogen (secondary N) is 2. The van der Waals surface area contributed by atoms with Gasteiger partial charge in [0.1, 0.15) is 5.69 Å². The van der Waals surface area contributed by atoms with Crippen molar-refractivity contribution in [2.24, 2.45) is 0 Å². The van der Waals surface area contributed by atoms with E-state index in [1.807, 2.05) is 30.3 Å². The van der Waals surface area contributed by atoms with E-state index in [-0.39, 0.29) is 18.0 Å². The molecule has 134 valence electrons. The van der Waals surface area contributed by atoms with Crippen molar-refractivity contribution >= 4 is 27.7 Å². The van der Waals surface area contributed by atoms with E-state index < -0.39 is 0 Å². The van der Waals surface area contributed by atoms with Gasteiger partial charge < -0.3 is 14.9 Å². The lowest BCUT2D eigenvalue weighted by atomic mass is 9.96. The molecule has 0 aliphatic carbocycles. The highest BCUT2D eigenvalue weighted by Crippen LogP contribution is 2.47. The Bertz CT molecular complexity index is 1180. The van der Waals surface area contributed by atoms with Crippen molar-refractivity contribution in [2.75, 3.05) is 0 Å². The van der Waals surface area contributed by atoms with E-state index >= 15 is 0 Å². The molecule has 2 aromatic carbocycles. The normalized spacial score (nSPS) is 21.1. The van der Waals surface area contributed by atoms with E-state index in [4.69, 9.17) is 0 Å². The van der Waals surface area contributed by atoms with Crippen LogP contribution in [0.1, 0.15) is 46.2 Å². The van der Waals surface area contributed by atoms with Gasteiger partial charge >= 0.3 is 0 Å². The number of H-pyrrole nitrogens is 2. The summed E-state index contributed by atoms with van der Waals surface area (Å²) in [5.41, 5.74) is 6.84. The van der Waals surface area contributed by atoms with Crippen molar-refractivity contribution in [3.8, 4) is 0 Å². The van der Waals surface area contributed by atoms with E-state index in [0.29, 0.717) is 5.69 Å². The van der Waals surface area contributed by atoms with Crippen LogP contribution in [0.2, 0.25) is 0 Å². The summed E-state index contributed by atoms with van der Waals surface area (Å²) in [6.07, 6.45) is 3.04. The molecule has 2 atom stereocenters. The van der Waals surface area contributed by atoms with Gasteiger partial charge in [-0.15, -0.1) is 0 Å². The Kier molecular flexibility index (Phi) is 2.94. The molecule has 2 aromatic heterocycles. The Hall–Kier alpha value is -3.01. The first kappa shape index (κ1) is 15.1.